The van der Waals surface area contributed by atoms with Crippen molar-refractivity contribution in [1.82, 2.24) is 15.3 Å². The van der Waals surface area contributed by atoms with E-state index < -0.39 is 0 Å². The van der Waals surface area contributed by atoms with Crippen LogP contribution in [-0.4, -0.2) is 17.0 Å². The van der Waals surface area contributed by atoms with Crippen molar-refractivity contribution in [3.63, 3.8) is 0 Å². The molecule has 0 unspecified atom stereocenters. The predicted octanol–water partition coefficient (Wildman–Crippen LogP) is 2.93. The van der Waals surface area contributed by atoms with Gasteiger partial charge in [-0.2, -0.15) is 0 Å². The van der Waals surface area contributed by atoms with E-state index >= 15 is 0 Å². The van der Waals surface area contributed by atoms with E-state index in [4.69, 9.17) is 4.74 Å². The zero-order valence-corrected chi connectivity index (χ0v) is 11.9. The van der Waals surface area contributed by atoms with Crippen molar-refractivity contribution in [1.29, 1.82) is 0 Å². The standard InChI is InChI=1S/C17H17N3O/c1-18-10-14-6-7-15(11-20-14)21-12-13-8-9-19-17-5-3-2-4-16(13)17/h2-9,11,18H,10,12H2,1H3. The number of para-hydroxylation sites is 1. The number of rotatable bonds is 5. The highest BCUT2D eigenvalue weighted by Gasteiger charge is 2.03. The van der Waals surface area contributed by atoms with Gasteiger partial charge >= 0.3 is 0 Å². The molecule has 1 aromatic carbocycles. The summed E-state index contributed by atoms with van der Waals surface area (Å²) in [6.45, 7) is 1.27. The zero-order valence-electron chi connectivity index (χ0n) is 11.9. The van der Waals surface area contributed by atoms with Crippen molar-refractivity contribution in [2.24, 2.45) is 0 Å². The van der Waals surface area contributed by atoms with Crippen LogP contribution in [0.1, 0.15) is 11.3 Å². The first-order valence-electron chi connectivity index (χ1n) is 6.92. The van der Waals surface area contributed by atoms with Crippen molar-refractivity contribution in [3.8, 4) is 5.75 Å². The minimum atomic E-state index is 0.510. The Morgan fingerprint density at radius 1 is 1.05 bits per heavy atom. The van der Waals surface area contributed by atoms with E-state index in [2.05, 4.69) is 21.4 Å². The minimum absolute atomic E-state index is 0.510. The van der Waals surface area contributed by atoms with Gasteiger partial charge in [-0.25, -0.2) is 0 Å². The second-order valence-corrected chi connectivity index (χ2v) is 4.79. The minimum Gasteiger partial charge on any atom is -0.487 e. The molecule has 0 aliphatic heterocycles. The first-order chi connectivity index (χ1) is 10.4. The van der Waals surface area contributed by atoms with Crippen LogP contribution in [0.5, 0.6) is 5.75 Å². The summed E-state index contributed by atoms with van der Waals surface area (Å²) in [7, 11) is 1.90. The van der Waals surface area contributed by atoms with Gasteiger partial charge in [-0.1, -0.05) is 18.2 Å². The van der Waals surface area contributed by atoms with Gasteiger partial charge in [0.1, 0.15) is 12.4 Å². The summed E-state index contributed by atoms with van der Waals surface area (Å²) in [5.74, 6) is 0.774. The van der Waals surface area contributed by atoms with Crippen molar-refractivity contribution < 1.29 is 4.74 Å². The maximum Gasteiger partial charge on any atom is 0.138 e. The molecule has 0 aliphatic rings. The van der Waals surface area contributed by atoms with Gasteiger partial charge in [0.15, 0.2) is 0 Å². The third-order valence-electron chi connectivity index (χ3n) is 3.29. The summed E-state index contributed by atoms with van der Waals surface area (Å²) in [5, 5.41) is 4.20. The summed E-state index contributed by atoms with van der Waals surface area (Å²) in [6.07, 6.45) is 3.57. The Balaban J connectivity index is 1.74. The van der Waals surface area contributed by atoms with E-state index in [1.807, 2.05) is 49.6 Å². The number of pyridine rings is 2. The molecule has 4 nitrogen and oxygen atoms in total. The van der Waals surface area contributed by atoms with E-state index in [1.54, 1.807) is 6.20 Å². The van der Waals surface area contributed by atoms with Crippen LogP contribution in [0.25, 0.3) is 10.9 Å². The molecule has 0 radical (unpaired) electrons. The lowest BCUT2D eigenvalue weighted by molar-refractivity contribution is 0.306. The van der Waals surface area contributed by atoms with Gasteiger partial charge in [0, 0.05) is 23.7 Å². The van der Waals surface area contributed by atoms with Gasteiger partial charge < -0.3 is 10.1 Å². The smallest absolute Gasteiger partial charge is 0.138 e. The van der Waals surface area contributed by atoms with E-state index in [9.17, 15) is 0 Å². The van der Waals surface area contributed by atoms with Crippen LogP contribution in [0.15, 0.2) is 54.9 Å². The molecule has 3 aromatic rings. The number of hydrogen-bond donors (Lipinski definition) is 1. The van der Waals surface area contributed by atoms with Crippen LogP contribution in [0.3, 0.4) is 0 Å². The highest BCUT2D eigenvalue weighted by molar-refractivity contribution is 5.81. The maximum atomic E-state index is 5.82. The fraction of sp³-hybridized carbons (Fsp3) is 0.176. The van der Waals surface area contributed by atoms with Crippen molar-refractivity contribution >= 4 is 10.9 Å². The molecule has 0 atom stereocenters. The number of nitrogens with one attached hydrogen (secondary N) is 1. The topological polar surface area (TPSA) is 47.0 Å². The summed E-state index contributed by atoms with van der Waals surface area (Å²) < 4.78 is 5.82. The second kappa shape index (κ2) is 6.33. The molecule has 0 fully saturated rings. The summed E-state index contributed by atoms with van der Waals surface area (Å²) in [5.41, 5.74) is 3.11. The van der Waals surface area contributed by atoms with E-state index in [-0.39, 0.29) is 0 Å². The van der Waals surface area contributed by atoms with E-state index in [1.165, 1.54) is 0 Å². The molecule has 1 N–H and O–H groups in total. The molecule has 0 saturated carbocycles. The Kier molecular flexibility index (Phi) is 4.07. The number of ether oxygens (including phenoxy) is 1. The molecule has 0 spiro atoms. The molecular weight excluding hydrogens is 262 g/mol. The maximum absolute atomic E-state index is 5.82. The average molecular weight is 279 g/mol. The molecule has 0 aliphatic carbocycles. The Hall–Kier alpha value is -2.46. The number of nitrogens with zero attached hydrogens (tertiary/aromatic N) is 2. The normalized spacial score (nSPS) is 10.7. The first kappa shape index (κ1) is 13.5. The Bertz CT molecular complexity index is 720. The zero-order chi connectivity index (χ0) is 14.5. The average Bonchev–Trinajstić information content (AvgIpc) is 2.54. The van der Waals surface area contributed by atoms with Gasteiger partial charge in [-0.05, 0) is 31.3 Å². The quantitative estimate of drug-likeness (QED) is 0.780. The number of hydrogen-bond acceptors (Lipinski definition) is 4. The summed E-state index contributed by atoms with van der Waals surface area (Å²) in [4.78, 5) is 8.70. The number of benzene rings is 1. The highest BCUT2D eigenvalue weighted by atomic mass is 16.5. The molecule has 4 heteroatoms. The summed E-state index contributed by atoms with van der Waals surface area (Å²) in [6, 6.07) is 14.0. The fourth-order valence-electron chi connectivity index (χ4n) is 2.22. The van der Waals surface area contributed by atoms with Crippen LogP contribution in [-0.2, 0) is 13.2 Å². The summed E-state index contributed by atoms with van der Waals surface area (Å²) >= 11 is 0. The third kappa shape index (κ3) is 3.17. The van der Waals surface area contributed by atoms with Crippen LogP contribution in [0.4, 0.5) is 0 Å². The lowest BCUT2D eigenvalue weighted by Crippen LogP contribution is -2.06. The lowest BCUT2D eigenvalue weighted by Gasteiger charge is -2.09. The van der Waals surface area contributed by atoms with Gasteiger partial charge in [-0.15, -0.1) is 0 Å². The first-order valence-corrected chi connectivity index (χ1v) is 6.92. The van der Waals surface area contributed by atoms with Gasteiger partial charge in [0.05, 0.1) is 17.4 Å². The molecule has 0 amide bonds. The molecule has 106 valence electrons. The van der Waals surface area contributed by atoms with Gasteiger partial charge in [0.25, 0.3) is 0 Å². The highest BCUT2D eigenvalue weighted by Crippen LogP contribution is 2.18. The Labute approximate surface area is 123 Å². The fourth-order valence-corrected chi connectivity index (χ4v) is 2.22. The van der Waals surface area contributed by atoms with E-state index in [0.29, 0.717) is 6.61 Å². The molecule has 3 rings (SSSR count). The van der Waals surface area contributed by atoms with Gasteiger partial charge in [0.2, 0.25) is 0 Å². The molecule has 0 saturated heterocycles. The lowest BCUT2D eigenvalue weighted by atomic mass is 10.1. The van der Waals surface area contributed by atoms with Crippen LogP contribution in [0.2, 0.25) is 0 Å². The van der Waals surface area contributed by atoms with Gasteiger partial charge in [-0.3, -0.25) is 9.97 Å². The number of fused-ring (bicyclic) bond motifs is 1. The molecule has 0 bridgehead atoms. The van der Waals surface area contributed by atoms with Crippen molar-refractivity contribution in [3.05, 3.63) is 66.1 Å². The second-order valence-electron chi connectivity index (χ2n) is 4.79. The Morgan fingerprint density at radius 2 is 1.95 bits per heavy atom. The molecule has 2 heterocycles. The SMILES string of the molecule is CNCc1ccc(OCc2ccnc3ccccc23)cn1. The molecule has 2 aromatic heterocycles. The molecule has 21 heavy (non-hydrogen) atoms. The van der Waals surface area contributed by atoms with Crippen molar-refractivity contribution in [2.45, 2.75) is 13.2 Å². The third-order valence-corrected chi connectivity index (χ3v) is 3.29. The number of aromatic nitrogens is 2. The monoisotopic (exact) mass is 279 g/mol. The van der Waals surface area contributed by atoms with Crippen LogP contribution >= 0.6 is 0 Å². The predicted molar refractivity (Wildman–Crippen MR) is 83.1 cm³/mol. The van der Waals surface area contributed by atoms with Crippen molar-refractivity contribution in [2.75, 3.05) is 7.05 Å². The Morgan fingerprint density at radius 3 is 2.76 bits per heavy atom. The van der Waals surface area contributed by atoms with E-state index in [0.717, 1.165) is 34.5 Å². The largest absolute Gasteiger partial charge is 0.487 e. The van der Waals surface area contributed by atoms with Crippen LogP contribution < -0.4 is 10.1 Å². The van der Waals surface area contributed by atoms with Crippen LogP contribution in [0, 0.1) is 0 Å². The molecular formula is C17H17N3O.